The van der Waals surface area contributed by atoms with Gasteiger partial charge in [-0.3, -0.25) is 19.7 Å². The van der Waals surface area contributed by atoms with Crippen LogP contribution in [0.25, 0.3) is 0 Å². The van der Waals surface area contributed by atoms with Crippen LogP contribution >= 0.6 is 0 Å². The summed E-state index contributed by atoms with van der Waals surface area (Å²) in [4.78, 5) is 66.2. The third-order valence-corrected chi connectivity index (χ3v) is 8.47. The van der Waals surface area contributed by atoms with Crippen LogP contribution in [0.1, 0.15) is 109 Å². The highest BCUT2D eigenvalue weighted by Crippen LogP contribution is 2.36. The lowest BCUT2D eigenvalue weighted by molar-refractivity contribution is -0.136. The number of hydrogen-bond acceptors (Lipinski definition) is 8. The third-order valence-electron chi connectivity index (χ3n) is 8.47. The van der Waals surface area contributed by atoms with Gasteiger partial charge in [0.25, 0.3) is 5.91 Å². The average molecular weight is 642 g/mol. The second-order valence-electron chi connectivity index (χ2n) is 14.6. The van der Waals surface area contributed by atoms with E-state index >= 15 is 0 Å². The van der Waals surface area contributed by atoms with Gasteiger partial charge in [-0.15, -0.1) is 0 Å². The zero-order chi connectivity index (χ0) is 33.6. The fourth-order valence-electron chi connectivity index (χ4n) is 6.38. The molecule has 1 unspecified atom stereocenters. The highest BCUT2D eigenvalue weighted by Gasteiger charge is 2.40. The third kappa shape index (κ3) is 9.83. The summed E-state index contributed by atoms with van der Waals surface area (Å²) in [5, 5.41) is 8.22. The van der Waals surface area contributed by atoms with E-state index in [1.54, 1.807) is 4.90 Å². The van der Waals surface area contributed by atoms with Gasteiger partial charge in [0, 0.05) is 55.5 Å². The van der Waals surface area contributed by atoms with E-state index in [1.807, 2.05) is 59.7 Å². The number of unbranched alkanes of at least 4 members (excludes halogenated alkanes) is 1. The highest BCUT2D eigenvalue weighted by atomic mass is 16.6. The molecule has 3 N–H and O–H groups in total. The number of hydrogen-bond donors (Lipinski definition) is 3. The zero-order valence-electron chi connectivity index (χ0n) is 28.2. The van der Waals surface area contributed by atoms with Crippen molar-refractivity contribution in [3.8, 4) is 0 Å². The number of ether oxygens (including phenoxy) is 2. The molecule has 12 heteroatoms. The van der Waals surface area contributed by atoms with E-state index in [-0.39, 0.29) is 30.4 Å². The van der Waals surface area contributed by atoms with Gasteiger partial charge >= 0.3 is 12.2 Å². The van der Waals surface area contributed by atoms with Crippen molar-refractivity contribution in [2.24, 2.45) is 5.92 Å². The second kappa shape index (κ2) is 14.7. The number of carbonyl (C=O) groups excluding carboxylic acids is 5. The molecule has 46 heavy (non-hydrogen) atoms. The molecule has 0 aromatic heterocycles. The van der Waals surface area contributed by atoms with Gasteiger partial charge < -0.3 is 29.9 Å². The summed E-state index contributed by atoms with van der Waals surface area (Å²) in [5.74, 6) is -0.545. The molecule has 1 saturated carbocycles. The fraction of sp³-hybridized carbons (Fsp3) is 0.676. The average Bonchev–Trinajstić information content (AvgIpc) is 3.27. The standard InChI is InChI=1S/C34H51N5O7/c1-33(2,3)45-31(43)35-18-7-8-19-38(20-22-12-14-23(15-13-22)36-32(44)46-34(4,5)6)26-11-9-10-24-25(26)21-39(30(24)42)27-16-17-28(40)37-29(27)41/h9-11,22-23,27H,7-8,12-21H2,1-6H3,(H,35,43)(H,36,44)(H,37,40,41). The molecule has 1 aromatic carbocycles. The number of amides is 5. The van der Waals surface area contributed by atoms with Crippen LogP contribution in [0.3, 0.4) is 0 Å². The molecule has 0 bridgehead atoms. The van der Waals surface area contributed by atoms with Gasteiger partial charge in [-0.05, 0) is 105 Å². The largest absolute Gasteiger partial charge is 0.444 e. The summed E-state index contributed by atoms with van der Waals surface area (Å²) in [6.07, 6.45) is 4.84. The van der Waals surface area contributed by atoms with Crippen molar-refractivity contribution in [3.63, 3.8) is 0 Å². The van der Waals surface area contributed by atoms with Gasteiger partial charge in [-0.25, -0.2) is 9.59 Å². The summed E-state index contributed by atoms with van der Waals surface area (Å²) in [5.41, 5.74) is 1.34. The van der Waals surface area contributed by atoms with Crippen LogP contribution in [0.2, 0.25) is 0 Å². The summed E-state index contributed by atoms with van der Waals surface area (Å²) < 4.78 is 10.8. The molecule has 2 fully saturated rings. The first-order valence-electron chi connectivity index (χ1n) is 16.6. The SMILES string of the molecule is CC(C)(C)OC(=O)NCCCCN(CC1CCC(NC(=O)OC(C)(C)C)CC1)c1cccc2c1CN(C1CCC(=O)NC1=O)C2=O. The fourth-order valence-corrected chi connectivity index (χ4v) is 6.38. The van der Waals surface area contributed by atoms with Gasteiger partial charge in [-0.1, -0.05) is 6.07 Å². The minimum absolute atomic E-state index is 0.0687. The highest BCUT2D eigenvalue weighted by molar-refractivity contribution is 6.06. The van der Waals surface area contributed by atoms with Crippen LogP contribution in [0.4, 0.5) is 15.3 Å². The lowest BCUT2D eigenvalue weighted by Crippen LogP contribution is -2.52. The molecule has 12 nitrogen and oxygen atoms in total. The molecule has 0 spiro atoms. The van der Waals surface area contributed by atoms with E-state index in [9.17, 15) is 24.0 Å². The van der Waals surface area contributed by atoms with Gasteiger partial charge in [-0.2, -0.15) is 0 Å². The van der Waals surface area contributed by atoms with Crippen molar-refractivity contribution < 1.29 is 33.4 Å². The van der Waals surface area contributed by atoms with Gasteiger partial charge in [0.05, 0.1) is 0 Å². The van der Waals surface area contributed by atoms with Crippen LogP contribution in [0.15, 0.2) is 18.2 Å². The number of piperidine rings is 1. The topological polar surface area (TPSA) is 146 Å². The van der Waals surface area contributed by atoms with E-state index in [1.165, 1.54) is 0 Å². The molecule has 3 aliphatic rings. The minimum Gasteiger partial charge on any atom is -0.444 e. The molecule has 1 saturated heterocycles. The number of carbonyl (C=O) groups is 5. The molecule has 0 radical (unpaired) electrons. The molecule has 5 amide bonds. The molecule has 1 aromatic rings. The van der Waals surface area contributed by atoms with E-state index < -0.39 is 29.2 Å². The van der Waals surface area contributed by atoms with Crippen molar-refractivity contribution in [1.82, 2.24) is 20.9 Å². The summed E-state index contributed by atoms with van der Waals surface area (Å²) in [6, 6.07) is 5.13. The van der Waals surface area contributed by atoms with Crippen molar-refractivity contribution in [2.45, 2.75) is 123 Å². The quantitative estimate of drug-likeness (QED) is 0.247. The van der Waals surface area contributed by atoms with Crippen LogP contribution in [-0.4, -0.2) is 77.7 Å². The van der Waals surface area contributed by atoms with E-state index in [4.69, 9.17) is 9.47 Å². The Morgan fingerprint density at radius 2 is 1.61 bits per heavy atom. The Labute approximate surface area is 272 Å². The number of rotatable bonds is 10. The monoisotopic (exact) mass is 641 g/mol. The summed E-state index contributed by atoms with van der Waals surface area (Å²) >= 11 is 0. The maximum Gasteiger partial charge on any atom is 0.407 e. The predicted molar refractivity (Wildman–Crippen MR) is 173 cm³/mol. The number of nitrogens with zero attached hydrogens (tertiary/aromatic N) is 2. The smallest absolute Gasteiger partial charge is 0.407 e. The Morgan fingerprint density at radius 3 is 2.26 bits per heavy atom. The van der Waals surface area contributed by atoms with Gasteiger partial charge in [0.2, 0.25) is 11.8 Å². The Bertz CT molecular complexity index is 1290. The van der Waals surface area contributed by atoms with Gasteiger partial charge in [0.1, 0.15) is 17.2 Å². The molecular weight excluding hydrogens is 590 g/mol. The Kier molecular flexibility index (Phi) is 11.2. The number of imide groups is 1. The predicted octanol–water partition coefficient (Wildman–Crippen LogP) is 4.64. The van der Waals surface area contributed by atoms with E-state index in [0.717, 1.165) is 62.9 Å². The molecule has 2 heterocycles. The van der Waals surface area contributed by atoms with Crippen molar-refractivity contribution in [1.29, 1.82) is 0 Å². The molecule has 1 aliphatic carbocycles. The van der Waals surface area contributed by atoms with Crippen molar-refractivity contribution >= 4 is 35.6 Å². The zero-order valence-corrected chi connectivity index (χ0v) is 28.2. The number of benzene rings is 1. The minimum atomic E-state index is -0.675. The first kappa shape index (κ1) is 35.0. The Balaban J connectivity index is 1.43. The number of alkyl carbamates (subject to hydrolysis) is 2. The molecule has 2 aliphatic heterocycles. The summed E-state index contributed by atoms with van der Waals surface area (Å²) in [7, 11) is 0. The van der Waals surface area contributed by atoms with E-state index in [2.05, 4.69) is 20.9 Å². The molecule has 1 atom stereocenters. The van der Waals surface area contributed by atoms with E-state index in [0.29, 0.717) is 31.0 Å². The first-order valence-corrected chi connectivity index (χ1v) is 16.6. The maximum atomic E-state index is 13.5. The van der Waals surface area contributed by atoms with Crippen LogP contribution in [0.5, 0.6) is 0 Å². The van der Waals surface area contributed by atoms with Crippen molar-refractivity contribution in [2.75, 3.05) is 24.5 Å². The van der Waals surface area contributed by atoms with Crippen LogP contribution < -0.4 is 20.9 Å². The second-order valence-corrected chi connectivity index (χ2v) is 14.6. The maximum absolute atomic E-state index is 13.5. The van der Waals surface area contributed by atoms with Crippen molar-refractivity contribution in [3.05, 3.63) is 29.3 Å². The number of anilines is 1. The van der Waals surface area contributed by atoms with Crippen LogP contribution in [0, 0.1) is 5.92 Å². The molecule has 4 rings (SSSR count). The number of nitrogens with one attached hydrogen (secondary N) is 3. The Hall–Kier alpha value is -3.83. The number of fused-ring (bicyclic) bond motifs is 1. The lowest BCUT2D eigenvalue weighted by atomic mass is 9.85. The normalized spacial score (nSPS) is 21.7. The Morgan fingerprint density at radius 1 is 0.935 bits per heavy atom. The molecular formula is C34H51N5O7. The van der Waals surface area contributed by atoms with Gasteiger partial charge in [0.15, 0.2) is 0 Å². The molecule has 254 valence electrons. The lowest BCUT2D eigenvalue weighted by Gasteiger charge is -2.35. The van der Waals surface area contributed by atoms with Crippen LogP contribution in [-0.2, 0) is 25.6 Å². The summed E-state index contributed by atoms with van der Waals surface area (Å²) in [6.45, 7) is 13.3. The first-order chi connectivity index (χ1) is 21.6.